The van der Waals surface area contributed by atoms with Crippen molar-refractivity contribution >= 4 is 5.91 Å². The second-order valence-electron chi connectivity index (χ2n) is 7.57. The third-order valence-corrected chi connectivity index (χ3v) is 5.87. The molecule has 0 aromatic carbocycles. The molecule has 1 aromatic rings. The molecule has 4 saturated carbocycles. The number of carbonyl (C=O) groups is 1. The molecule has 4 fully saturated rings. The Kier molecular flexibility index (Phi) is 2.73. The van der Waals surface area contributed by atoms with Gasteiger partial charge in [-0.2, -0.15) is 0 Å². The molecule has 1 heterocycles. The van der Waals surface area contributed by atoms with Crippen LogP contribution < -0.4 is 5.32 Å². The number of nitrogens with one attached hydrogen (secondary N) is 1. The van der Waals surface area contributed by atoms with E-state index >= 15 is 0 Å². The number of nitrogens with zero attached hydrogens (tertiary/aromatic N) is 1. The molecule has 5 rings (SSSR count). The normalized spacial score (nSPS) is 38.1. The zero-order chi connectivity index (χ0) is 13.7. The fraction of sp³-hybridized carbons (Fsp3) is 0.706. The zero-order valence-electron chi connectivity index (χ0n) is 12.3. The molecule has 1 amide bonds. The van der Waals surface area contributed by atoms with Crippen LogP contribution in [0.3, 0.4) is 0 Å². The molecule has 4 aliphatic rings. The van der Waals surface area contributed by atoms with Gasteiger partial charge in [-0.3, -0.25) is 4.79 Å². The van der Waals surface area contributed by atoms with Crippen LogP contribution in [0.2, 0.25) is 0 Å². The third-order valence-electron chi connectivity index (χ3n) is 5.87. The second kappa shape index (κ2) is 4.37. The van der Waals surface area contributed by atoms with Crippen molar-refractivity contribution in [2.24, 2.45) is 30.2 Å². The topological polar surface area (TPSA) is 34.0 Å². The van der Waals surface area contributed by atoms with Gasteiger partial charge in [-0.1, -0.05) is 0 Å². The Morgan fingerprint density at radius 3 is 2.35 bits per heavy atom. The smallest absolute Gasteiger partial charge is 0.226 e. The summed E-state index contributed by atoms with van der Waals surface area (Å²) in [4.78, 5) is 12.8. The van der Waals surface area contributed by atoms with Crippen LogP contribution in [0, 0.1) is 23.2 Å². The van der Waals surface area contributed by atoms with E-state index in [1.165, 1.54) is 24.8 Å². The summed E-state index contributed by atoms with van der Waals surface area (Å²) in [5.41, 5.74) is 1.19. The van der Waals surface area contributed by atoms with E-state index in [0.717, 1.165) is 37.0 Å². The lowest BCUT2D eigenvalue weighted by Crippen LogP contribution is -2.53. The van der Waals surface area contributed by atoms with Gasteiger partial charge in [0.25, 0.3) is 0 Å². The number of amides is 1. The van der Waals surface area contributed by atoms with E-state index in [-0.39, 0.29) is 5.41 Å². The molecule has 4 aliphatic carbocycles. The summed E-state index contributed by atoms with van der Waals surface area (Å²) in [6.45, 7) is 0.682. The first-order valence-electron chi connectivity index (χ1n) is 8.02. The van der Waals surface area contributed by atoms with E-state index in [1.54, 1.807) is 0 Å². The Bertz CT molecular complexity index is 496. The maximum Gasteiger partial charge on any atom is 0.226 e. The number of hydrogen-bond donors (Lipinski definition) is 1. The number of aryl methyl sites for hydroxylation is 1. The summed E-state index contributed by atoms with van der Waals surface area (Å²) in [5.74, 6) is 2.84. The molecule has 3 nitrogen and oxygen atoms in total. The summed E-state index contributed by atoms with van der Waals surface area (Å²) >= 11 is 0. The minimum atomic E-state index is -0.0104. The molecule has 3 heteroatoms. The van der Waals surface area contributed by atoms with Crippen LogP contribution in [0.15, 0.2) is 18.5 Å². The van der Waals surface area contributed by atoms with Crippen LogP contribution in [-0.2, 0) is 18.4 Å². The van der Waals surface area contributed by atoms with Crippen LogP contribution >= 0.6 is 0 Å². The molecule has 4 bridgehead atoms. The van der Waals surface area contributed by atoms with Crippen molar-refractivity contribution in [3.05, 3.63) is 24.0 Å². The Morgan fingerprint density at radius 1 is 1.25 bits per heavy atom. The lowest BCUT2D eigenvalue weighted by atomic mass is 9.49. The van der Waals surface area contributed by atoms with Gasteiger partial charge in [-0.05, 0) is 67.9 Å². The maximum atomic E-state index is 12.8. The standard InChI is InChI=1S/C17H24N2O/c1-19-3-2-12(11-19)10-18-16(20)17-7-13-4-14(8-17)6-15(5-13)9-17/h2-3,11,13-15H,4-10H2,1H3,(H,18,20). The first-order valence-corrected chi connectivity index (χ1v) is 8.02. The minimum Gasteiger partial charge on any atom is -0.357 e. The first-order chi connectivity index (χ1) is 9.63. The monoisotopic (exact) mass is 272 g/mol. The zero-order valence-corrected chi connectivity index (χ0v) is 12.3. The van der Waals surface area contributed by atoms with Crippen molar-refractivity contribution in [2.75, 3.05) is 0 Å². The van der Waals surface area contributed by atoms with Gasteiger partial charge < -0.3 is 9.88 Å². The van der Waals surface area contributed by atoms with Crippen molar-refractivity contribution < 1.29 is 4.79 Å². The molecule has 1 aromatic heterocycles. The molecule has 108 valence electrons. The van der Waals surface area contributed by atoms with Crippen LogP contribution in [0.4, 0.5) is 0 Å². The second-order valence-corrected chi connectivity index (χ2v) is 7.57. The Hall–Kier alpha value is -1.25. The Morgan fingerprint density at radius 2 is 1.85 bits per heavy atom. The maximum absolute atomic E-state index is 12.8. The van der Waals surface area contributed by atoms with Crippen molar-refractivity contribution in [2.45, 2.75) is 45.1 Å². The summed E-state index contributed by atoms with van der Waals surface area (Å²) in [6.07, 6.45) is 11.8. The van der Waals surface area contributed by atoms with Gasteiger partial charge in [0.1, 0.15) is 0 Å². The van der Waals surface area contributed by atoms with Gasteiger partial charge in [0.15, 0.2) is 0 Å². The van der Waals surface area contributed by atoms with Crippen molar-refractivity contribution in [3.63, 3.8) is 0 Å². The highest BCUT2D eigenvalue weighted by Crippen LogP contribution is 2.60. The van der Waals surface area contributed by atoms with Gasteiger partial charge in [0.2, 0.25) is 5.91 Å². The van der Waals surface area contributed by atoms with Crippen LogP contribution in [0.1, 0.15) is 44.1 Å². The average Bonchev–Trinajstić information content (AvgIpc) is 2.80. The highest BCUT2D eigenvalue weighted by molar-refractivity contribution is 5.83. The fourth-order valence-corrected chi connectivity index (χ4v) is 5.42. The van der Waals surface area contributed by atoms with E-state index in [2.05, 4.69) is 17.6 Å². The van der Waals surface area contributed by atoms with Crippen molar-refractivity contribution in [1.82, 2.24) is 9.88 Å². The quantitative estimate of drug-likeness (QED) is 0.902. The van der Waals surface area contributed by atoms with Gasteiger partial charge in [-0.25, -0.2) is 0 Å². The molecule has 0 unspecified atom stereocenters. The predicted octanol–water partition coefficient (Wildman–Crippen LogP) is 2.86. The van der Waals surface area contributed by atoms with Crippen LogP contribution in [0.5, 0.6) is 0 Å². The number of aromatic nitrogens is 1. The number of hydrogen-bond acceptors (Lipinski definition) is 1. The predicted molar refractivity (Wildman–Crippen MR) is 77.9 cm³/mol. The SMILES string of the molecule is Cn1ccc(CNC(=O)C23CC4CC(CC(C4)C2)C3)c1. The average molecular weight is 272 g/mol. The molecule has 0 saturated heterocycles. The van der Waals surface area contributed by atoms with E-state index in [9.17, 15) is 4.79 Å². The summed E-state index contributed by atoms with van der Waals surface area (Å²) < 4.78 is 2.03. The van der Waals surface area contributed by atoms with Gasteiger partial charge in [0.05, 0.1) is 0 Å². The Balaban J connectivity index is 1.45. The van der Waals surface area contributed by atoms with Gasteiger partial charge >= 0.3 is 0 Å². The lowest BCUT2D eigenvalue weighted by molar-refractivity contribution is -0.146. The molecular weight excluding hydrogens is 248 g/mol. The number of rotatable bonds is 3. The lowest BCUT2D eigenvalue weighted by Gasteiger charge is -2.55. The third kappa shape index (κ3) is 1.99. The molecule has 0 spiro atoms. The molecule has 0 aliphatic heterocycles. The van der Waals surface area contributed by atoms with Crippen molar-refractivity contribution in [3.8, 4) is 0 Å². The molecule has 1 N–H and O–H groups in total. The number of carbonyl (C=O) groups excluding carboxylic acids is 1. The van der Waals surface area contributed by atoms with Gasteiger partial charge in [-0.15, -0.1) is 0 Å². The largest absolute Gasteiger partial charge is 0.357 e. The Labute approximate surface area is 120 Å². The van der Waals surface area contributed by atoms with E-state index in [4.69, 9.17) is 0 Å². The van der Waals surface area contributed by atoms with E-state index in [1.807, 2.05) is 17.8 Å². The van der Waals surface area contributed by atoms with Crippen molar-refractivity contribution in [1.29, 1.82) is 0 Å². The molecular formula is C17H24N2O. The highest BCUT2D eigenvalue weighted by atomic mass is 16.2. The molecule has 0 atom stereocenters. The minimum absolute atomic E-state index is 0.0104. The van der Waals surface area contributed by atoms with E-state index < -0.39 is 0 Å². The van der Waals surface area contributed by atoms with Gasteiger partial charge in [0, 0.05) is 31.4 Å². The summed E-state index contributed by atoms with van der Waals surface area (Å²) in [5, 5.41) is 3.22. The fourth-order valence-electron chi connectivity index (χ4n) is 5.42. The van der Waals surface area contributed by atoms with E-state index in [0.29, 0.717) is 12.5 Å². The molecule has 20 heavy (non-hydrogen) atoms. The highest BCUT2D eigenvalue weighted by Gasteiger charge is 2.54. The summed E-state index contributed by atoms with van der Waals surface area (Å²) in [7, 11) is 2.02. The summed E-state index contributed by atoms with van der Waals surface area (Å²) in [6, 6.07) is 2.08. The van der Waals surface area contributed by atoms with Crippen LogP contribution in [0.25, 0.3) is 0 Å². The first kappa shape index (κ1) is 12.5. The molecule has 0 radical (unpaired) electrons. The van der Waals surface area contributed by atoms with Crippen LogP contribution in [-0.4, -0.2) is 10.5 Å².